The Morgan fingerprint density at radius 2 is 1.90 bits per heavy atom. The molecule has 2 aromatic carbocycles. The number of hydrogen-bond donors (Lipinski definition) is 2. The van der Waals surface area contributed by atoms with Crippen LogP contribution in [-0.2, 0) is 19.6 Å². The van der Waals surface area contributed by atoms with Crippen molar-refractivity contribution in [3.8, 4) is 5.75 Å². The van der Waals surface area contributed by atoms with Crippen LogP contribution in [0.4, 0.5) is 0 Å². The molecule has 1 heterocycles. The van der Waals surface area contributed by atoms with Crippen molar-refractivity contribution in [2.45, 2.75) is 19.6 Å². The summed E-state index contributed by atoms with van der Waals surface area (Å²) in [7, 11) is 1.64. The van der Waals surface area contributed by atoms with Crippen molar-refractivity contribution in [2.75, 3.05) is 7.11 Å². The molecule has 1 aliphatic rings. The van der Waals surface area contributed by atoms with Gasteiger partial charge < -0.3 is 15.4 Å². The summed E-state index contributed by atoms with van der Waals surface area (Å²) in [5.41, 5.74) is 4.26. The summed E-state index contributed by atoms with van der Waals surface area (Å²) < 4.78 is 5.11. The molecule has 0 aliphatic carbocycles. The summed E-state index contributed by atoms with van der Waals surface area (Å²) in [4.78, 5) is 12.2. The fraction of sp³-hybridized carbons (Fsp3) is 0.235. The van der Waals surface area contributed by atoms with E-state index in [1.807, 2.05) is 42.5 Å². The van der Waals surface area contributed by atoms with Crippen LogP contribution < -0.4 is 15.4 Å². The minimum absolute atomic E-state index is 0.0412. The molecule has 4 nitrogen and oxygen atoms in total. The molecule has 0 fully saturated rings. The lowest BCUT2D eigenvalue weighted by Gasteiger charge is -2.07. The molecule has 0 saturated heterocycles. The van der Waals surface area contributed by atoms with Crippen LogP contribution in [0.5, 0.6) is 5.75 Å². The highest BCUT2D eigenvalue weighted by Gasteiger charge is 2.13. The third-order valence-electron chi connectivity index (χ3n) is 3.71. The lowest BCUT2D eigenvalue weighted by Crippen LogP contribution is -2.22. The Bertz CT molecular complexity index is 650. The number of ether oxygens (including phenoxy) is 1. The van der Waals surface area contributed by atoms with Gasteiger partial charge >= 0.3 is 0 Å². The van der Waals surface area contributed by atoms with Crippen molar-refractivity contribution in [2.24, 2.45) is 0 Å². The van der Waals surface area contributed by atoms with Crippen molar-refractivity contribution < 1.29 is 9.53 Å². The maximum Gasteiger partial charge on any atom is 0.251 e. The maximum absolute atomic E-state index is 12.2. The first kappa shape index (κ1) is 13.6. The van der Waals surface area contributed by atoms with Crippen LogP contribution in [0.2, 0.25) is 0 Å². The highest BCUT2D eigenvalue weighted by Crippen LogP contribution is 2.17. The number of methoxy groups -OCH3 is 1. The molecular formula is C17H18N2O2. The SMILES string of the molecule is COc1ccc(CNC(=O)c2ccc3c(c2)CNC3)cc1. The van der Waals surface area contributed by atoms with Crippen molar-refractivity contribution in [3.05, 3.63) is 64.7 Å². The summed E-state index contributed by atoms with van der Waals surface area (Å²) in [5.74, 6) is 0.775. The Morgan fingerprint density at radius 3 is 2.67 bits per heavy atom. The Morgan fingerprint density at radius 1 is 1.14 bits per heavy atom. The molecular weight excluding hydrogens is 264 g/mol. The quantitative estimate of drug-likeness (QED) is 0.904. The van der Waals surface area contributed by atoms with Gasteiger partial charge in [0.2, 0.25) is 0 Å². The van der Waals surface area contributed by atoms with Crippen LogP contribution in [0.3, 0.4) is 0 Å². The van der Waals surface area contributed by atoms with Crippen molar-refractivity contribution in [1.82, 2.24) is 10.6 Å². The molecule has 0 unspecified atom stereocenters. The van der Waals surface area contributed by atoms with Crippen LogP contribution in [0, 0.1) is 0 Å². The Kier molecular flexibility index (Phi) is 3.88. The smallest absolute Gasteiger partial charge is 0.251 e. The fourth-order valence-electron chi connectivity index (χ4n) is 2.46. The molecule has 2 N–H and O–H groups in total. The van der Waals surface area contributed by atoms with E-state index >= 15 is 0 Å². The van der Waals surface area contributed by atoms with E-state index in [1.54, 1.807) is 7.11 Å². The van der Waals surface area contributed by atoms with Gasteiger partial charge in [-0.05, 0) is 41.0 Å². The molecule has 3 rings (SSSR count). The van der Waals surface area contributed by atoms with E-state index in [4.69, 9.17) is 4.74 Å². The summed E-state index contributed by atoms with van der Waals surface area (Å²) in [6.45, 7) is 2.25. The number of fused-ring (bicyclic) bond motifs is 1. The maximum atomic E-state index is 12.2. The Labute approximate surface area is 124 Å². The van der Waals surface area contributed by atoms with Gasteiger partial charge in [0.05, 0.1) is 7.11 Å². The van der Waals surface area contributed by atoms with Crippen LogP contribution in [0.1, 0.15) is 27.0 Å². The van der Waals surface area contributed by atoms with E-state index in [0.717, 1.165) is 24.4 Å². The number of carbonyl (C=O) groups excluding carboxylic acids is 1. The minimum atomic E-state index is -0.0412. The van der Waals surface area contributed by atoms with Crippen LogP contribution in [-0.4, -0.2) is 13.0 Å². The molecule has 0 bridgehead atoms. The summed E-state index contributed by atoms with van der Waals surface area (Å²) >= 11 is 0. The molecule has 0 saturated carbocycles. The third kappa shape index (κ3) is 3.06. The molecule has 0 radical (unpaired) electrons. The zero-order valence-corrected chi connectivity index (χ0v) is 12.0. The highest BCUT2D eigenvalue weighted by atomic mass is 16.5. The predicted molar refractivity (Wildman–Crippen MR) is 81.1 cm³/mol. The fourth-order valence-corrected chi connectivity index (χ4v) is 2.46. The standard InChI is InChI=1S/C17H18N2O2/c1-21-16-6-2-12(3-7-16)9-19-17(20)13-4-5-14-10-18-11-15(14)8-13/h2-8,18H,9-11H2,1H3,(H,19,20). The average Bonchev–Trinajstić information content (AvgIpc) is 3.00. The first-order valence-corrected chi connectivity index (χ1v) is 7.00. The second-order valence-electron chi connectivity index (χ2n) is 5.12. The van der Waals surface area contributed by atoms with E-state index in [-0.39, 0.29) is 5.91 Å². The van der Waals surface area contributed by atoms with Gasteiger partial charge in [-0.3, -0.25) is 4.79 Å². The molecule has 0 atom stereocenters. The molecule has 1 amide bonds. The number of benzene rings is 2. The van der Waals surface area contributed by atoms with Gasteiger partial charge in [-0.2, -0.15) is 0 Å². The van der Waals surface area contributed by atoms with Gasteiger partial charge in [0.1, 0.15) is 5.75 Å². The highest BCUT2D eigenvalue weighted by molar-refractivity contribution is 5.94. The summed E-state index contributed by atoms with van der Waals surface area (Å²) in [6.07, 6.45) is 0. The van der Waals surface area contributed by atoms with E-state index in [9.17, 15) is 4.79 Å². The first-order valence-electron chi connectivity index (χ1n) is 7.00. The minimum Gasteiger partial charge on any atom is -0.497 e. The lowest BCUT2D eigenvalue weighted by molar-refractivity contribution is 0.0951. The normalized spacial score (nSPS) is 12.8. The predicted octanol–water partition coefficient (Wildman–Crippen LogP) is 2.23. The zero-order valence-electron chi connectivity index (χ0n) is 12.0. The largest absolute Gasteiger partial charge is 0.497 e. The van der Waals surface area contributed by atoms with E-state index in [2.05, 4.69) is 10.6 Å². The monoisotopic (exact) mass is 282 g/mol. The van der Waals surface area contributed by atoms with Gasteiger partial charge in [-0.25, -0.2) is 0 Å². The van der Waals surface area contributed by atoms with E-state index < -0.39 is 0 Å². The topological polar surface area (TPSA) is 50.4 Å². The van der Waals surface area contributed by atoms with Crippen molar-refractivity contribution in [3.63, 3.8) is 0 Å². The number of nitrogens with one attached hydrogen (secondary N) is 2. The molecule has 2 aromatic rings. The summed E-state index contributed by atoms with van der Waals surface area (Å²) in [6, 6.07) is 13.6. The van der Waals surface area contributed by atoms with Gasteiger partial charge in [-0.15, -0.1) is 0 Å². The molecule has 0 aromatic heterocycles. The van der Waals surface area contributed by atoms with Crippen molar-refractivity contribution in [1.29, 1.82) is 0 Å². The second kappa shape index (κ2) is 5.97. The van der Waals surface area contributed by atoms with Crippen molar-refractivity contribution >= 4 is 5.91 Å². The van der Waals surface area contributed by atoms with Gasteiger partial charge in [0.25, 0.3) is 5.91 Å². The third-order valence-corrected chi connectivity index (χ3v) is 3.71. The van der Waals surface area contributed by atoms with E-state index in [1.165, 1.54) is 11.1 Å². The molecule has 21 heavy (non-hydrogen) atoms. The number of amides is 1. The first-order chi connectivity index (χ1) is 10.3. The number of hydrogen-bond acceptors (Lipinski definition) is 3. The Hall–Kier alpha value is -2.33. The lowest BCUT2D eigenvalue weighted by atomic mass is 10.1. The molecule has 0 spiro atoms. The van der Waals surface area contributed by atoms with Gasteiger partial charge in [0, 0.05) is 25.2 Å². The van der Waals surface area contributed by atoms with Crippen LogP contribution in [0.25, 0.3) is 0 Å². The molecule has 1 aliphatic heterocycles. The summed E-state index contributed by atoms with van der Waals surface area (Å²) in [5, 5.41) is 6.22. The molecule has 108 valence electrons. The molecule has 4 heteroatoms. The number of rotatable bonds is 4. The van der Waals surface area contributed by atoms with Gasteiger partial charge in [0.15, 0.2) is 0 Å². The van der Waals surface area contributed by atoms with Gasteiger partial charge in [-0.1, -0.05) is 18.2 Å². The average molecular weight is 282 g/mol. The number of carbonyl (C=O) groups is 1. The second-order valence-corrected chi connectivity index (χ2v) is 5.12. The zero-order chi connectivity index (χ0) is 14.7. The van der Waals surface area contributed by atoms with E-state index in [0.29, 0.717) is 12.1 Å². The van der Waals surface area contributed by atoms with Crippen LogP contribution in [0.15, 0.2) is 42.5 Å². The van der Waals surface area contributed by atoms with Crippen LogP contribution >= 0.6 is 0 Å². The Balaban J connectivity index is 1.63.